The number of esters is 2. The predicted molar refractivity (Wildman–Crippen MR) is 83.2 cm³/mol. The summed E-state index contributed by atoms with van der Waals surface area (Å²) < 4.78 is 10.1. The van der Waals surface area contributed by atoms with E-state index < -0.39 is 17.5 Å². The molecule has 0 heterocycles. The van der Waals surface area contributed by atoms with E-state index in [1.807, 2.05) is 30.3 Å². The summed E-state index contributed by atoms with van der Waals surface area (Å²) in [4.78, 5) is 22.9. The average molecular weight is 575 g/mol. The van der Waals surface area contributed by atoms with Crippen molar-refractivity contribution in [1.82, 2.24) is 0 Å². The molecule has 0 atom stereocenters. The van der Waals surface area contributed by atoms with Crippen molar-refractivity contribution in [2.24, 2.45) is 0 Å². The van der Waals surface area contributed by atoms with Gasteiger partial charge in [-0.25, -0.2) is 0 Å². The van der Waals surface area contributed by atoms with Gasteiger partial charge in [-0.2, -0.15) is 5.26 Å². The SMILES string of the molecule is C=CCOC(=O)C[CH-]C(=O)OC(C)(C)c1ccccc1.N#CO.[Fm]. The van der Waals surface area contributed by atoms with E-state index in [0.717, 1.165) is 11.8 Å². The summed E-state index contributed by atoms with van der Waals surface area (Å²) in [5.41, 5.74) is 0.135. The fraction of sp³-hybridized carbons (Fsp3) is 0.294. The van der Waals surface area contributed by atoms with Crippen molar-refractivity contribution < 1.29 is 24.2 Å². The Labute approximate surface area is 135 Å². The van der Waals surface area contributed by atoms with Crippen LogP contribution >= 0.6 is 0 Å². The van der Waals surface area contributed by atoms with Crippen LogP contribution in [0.5, 0.6) is 0 Å². The van der Waals surface area contributed by atoms with Gasteiger partial charge in [0.1, 0.15) is 12.2 Å². The van der Waals surface area contributed by atoms with Crippen LogP contribution in [0.4, 0.5) is 0 Å². The van der Waals surface area contributed by atoms with Gasteiger partial charge >= 0.3 is 0 Å². The number of aliphatic hydroxyl groups is 1. The molecule has 7 heteroatoms. The molecule has 0 saturated heterocycles. The molecule has 0 saturated carbocycles. The van der Waals surface area contributed by atoms with Crippen LogP contribution < -0.4 is 0 Å². The van der Waals surface area contributed by atoms with Crippen LogP contribution in [0.25, 0.3) is 0 Å². The van der Waals surface area contributed by atoms with Crippen molar-refractivity contribution in [3.05, 3.63) is 55.0 Å². The molecule has 0 bridgehead atoms. The van der Waals surface area contributed by atoms with Crippen molar-refractivity contribution in [2.75, 3.05) is 6.61 Å². The molecular formula is C17H20FmNO5-. The summed E-state index contributed by atoms with van der Waals surface area (Å²) in [5.74, 6) is -1.03. The summed E-state index contributed by atoms with van der Waals surface area (Å²) in [7, 11) is 0. The van der Waals surface area contributed by atoms with Crippen molar-refractivity contribution in [3.63, 3.8) is 0 Å². The molecule has 0 fully saturated rings. The molecule has 1 rings (SSSR count). The van der Waals surface area contributed by atoms with Crippen molar-refractivity contribution in [3.8, 4) is 6.26 Å². The Balaban J connectivity index is 0. The van der Waals surface area contributed by atoms with E-state index in [9.17, 15) is 9.59 Å². The van der Waals surface area contributed by atoms with Gasteiger partial charge in [-0.15, -0.1) is 0 Å². The molecule has 0 unspecified atom stereocenters. The number of ether oxygens (including phenoxy) is 2. The Morgan fingerprint density at radius 3 is 2.42 bits per heavy atom. The smallest absolute Gasteiger partial charge is 0.283 e. The van der Waals surface area contributed by atoms with Gasteiger partial charge in [0.2, 0.25) is 0 Å². The Morgan fingerprint density at radius 1 is 1.38 bits per heavy atom. The maximum absolute atomic E-state index is 11.7. The zero-order chi connectivity index (χ0) is 17.7. The van der Waals surface area contributed by atoms with E-state index in [4.69, 9.17) is 19.8 Å². The molecule has 0 spiro atoms. The Bertz CT molecular complexity index is 552. The zero-order valence-electron chi connectivity index (χ0n) is 13.5. The van der Waals surface area contributed by atoms with E-state index in [0.29, 0.717) is 0 Å². The average Bonchev–Trinajstić information content (AvgIpc) is 2.52. The van der Waals surface area contributed by atoms with Crippen molar-refractivity contribution in [1.29, 1.82) is 5.26 Å². The Morgan fingerprint density at radius 2 is 1.92 bits per heavy atom. The van der Waals surface area contributed by atoms with Gasteiger partial charge in [-0.1, -0.05) is 49.4 Å². The van der Waals surface area contributed by atoms with Crippen LogP contribution in [0.1, 0.15) is 25.8 Å². The second-order valence-corrected chi connectivity index (χ2v) is 4.78. The summed E-state index contributed by atoms with van der Waals surface area (Å²) in [6.45, 7) is 7.16. The normalized spacial score (nSPS) is 9.04. The third kappa shape index (κ3) is 9.08. The van der Waals surface area contributed by atoms with E-state index in [-0.39, 0.29) is 13.0 Å². The van der Waals surface area contributed by atoms with Crippen LogP contribution in [0, 0.1) is 17.9 Å². The van der Waals surface area contributed by atoms with Gasteiger partial charge in [0.25, 0.3) is 12.2 Å². The maximum Gasteiger partial charge on any atom is 0.283 e. The van der Waals surface area contributed by atoms with Gasteiger partial charge in [0.15, 0.2) is 5.97 Å². The number of rotatable bonds is 7. The fourth-order valence-corrected chi connectivity index (χ4v) is 1.57. The molecule has 0 radical (unpaired) electrons. The first kappa shape index (κ1) is 22.3. The first-order chi connectivity index (χ1) is 10.9. The van der Waals surface area contributed by atoms with E-state index in [1.54, 1.807) is 13.8 Å². The number of carbonyl (C=O) groups is 2. The zero-order valence-corrected chi connectivity index (χ0v) is 15.9. The minimum absolute atomic E-state index is 0. The predicted octanol–water partition coefficient (Wildman–Crippen LogP) is 2.63. The third-order valence-corrected chi connectivity index (χ3v) is 2.62. The monoisotopic (exact) mass is 575 g/mol. The first-order valence-electron chi connectivity index (χ1n) is 6.78. The quantitative estimate of drug-likeness (QED) is 0.233. The fourth-order valence-electron chi connectivity index (χ4n) is 1.57. The number of carbonyl (C=O) groups excluding carboxylic acids is 2. The standard InChI is InChI=1S/C16H19O4.CHNO.Fm/c1-4-12-19-14(17)10-11-15(18)20-16(2,3)13-8-6-5-7-9-13;2-1-3;/h4-9,11H,1,10,12H2,2-3H3;3H;/q-1;;. The van der Waals surface area contributed by atoms with Crippen LogP contribution in [0.3, 0.4) is 0 Å². The Kier molecular flexibility index (Phi) is 10.9. The third-order valence-electron chi connectivity index (χ3n) is 2.62. The van der Waals surface area contributed by atoms with Gasteiger partial charge in [0, 0.05) is 0 Å². The van der Waals surface area contributed by atoms with Crippen molar-refractivity contribution >= 4 is 11.9 Å². The van der Waals surface area contributed by atoms with Crippen LogP contribution in [0.15, 0.2) is 43.0 Å². The molecule has 1 N–H and O–H groups in total. The van der Waals surface area contributed by atoms with Crippen molar-refractivity contribution in [2.45, 2.75) is 25.9 Å². The topological polar surface area (TPSA) is 96.6 Å². The number of benzene rings is 1. The van der Waals surface area contributed by atoms with Crippen LogP contribution in [0.2, 0.25) is 0 Å². The number of aliphatic hydroxyl groups excluding tert-OH is 1. The van der Waals surface area contributed by atoms with Crippen LogP contribution in [-0.4, -0.2) is 23.7 Å². The summed E-state index contributed by atoms with van der Waals surface area (Å²) >= 11 is 0. The molecule has 1 aromatic rings. The van der Waals surface area contributed by atoms with Gasteiger partial charge in [0.05, 0.1) is 0 Å². The second kappa shape index (κ2) is 11.7. The summed E-state index contributed by atoms with van der Waals surface area (Å²) in [6, 6.07) is 9.41. The first-order valence-corrected chi connectivity index (χ1v) is 6.78. The molecule has 0 aliphatic rings. The van der Waals surface area contributed by atoms with Gasteiger partial charge in [-0.3, -0.25) is 16.0 Å². The number of nitrogens with zero attached hydrogens (tertiary/aromatic N) is 1. The van der Waals surface area contributed by atoms with E-state index in [2.05, 4.69) is 6.58 Å². The molecule has 0 aliphatic carbocycles. The summed E-state index contributed by atoms with van der Waals surface area (Å²) in [5, 5.41) is 13.8. The van der Waals surface area contributed by atoms with Gasteiger partial charge < -0.3 is 14.6 Å². The second-order valence-electron chi connectivity index (χ2n) is 4.78. The van der Waals surface area contributed by atoms with E-state index >= 15 is 0 Å². The molecule has 0 amide bonds. The number of hydrogen-bond donors (Lipinski definition) is 1. The van der Waals surface area contributed by atoms with Gasteiger partial charge in [-0.05, 0) is 19.4 Å². The van der Waals surface area contributed by atoms with E-state index in [1.165, 1.54) is 12.5 Å². The minimum atomic E-state index is -0.750. The number of nitriles is 1. The Hall–Kier alpha value is -3.94. The van der Waals surface area contributed by atoms with Crippen LogP contribution in [-0.2, 0) is 24.7 Å². The number of hydrogen-bond acceptors (Lipinski definition) is 6. The molecule has 1 aromatic carbocycles. The largest absolute Gasteiger partial charge is 0.478 e. The maximum atomic E-state index is 11.7. The molecule has 0 aliphatic heterocycles. The molecule has 6 nitrogen and oxygen atoms in total. The molecule has 24 heavy (non-hydrogen) atoms. The molecule has 136 valence electrons. The molecular weight excluding hydrogens is 555 g/mol. The minimum Gasteiger partial charge on any atom is -0.478 e. The molecule has 0 aromatic heterocycles. The summed E-state index contributed by atoms with van der Waals surface area (Å²) in [6.07, 6.45) is 3.28.